The number of nitrogens with one attached hydrogen (secondary N) is 1. The van der Waals surface area contributed by atoms with Gasteiger partial charge in [-0.05, 0) is 31.8 Å². The third kappa shape index (κ3) is 5.41. The maximum atomic E-state index is 14.2. The monoisotopic (exact) mass is 403 g/mol. The minimum Gasteiger partial charge on any atom is -0.388 e. The first-order valence-corrected chi connectivity index (χ1v) is 9.05. The van der Waals surface area contributed by atoms with Crippen LogP contribution in [0.4, 0.5) is 10.1 Å². The standard InChI is InChI=1S/C14H20FN3O2.C6H6N2O/c1-17-11-3-4-13(15)12(5-11)14(18-2)8-19-6-10(14)7-20-9-16;1-5-2-8-6(4-9)3-7-5/h3-5,10,17H,2,6-9,16H2,1H3;2-4H,1H3. The normalized spacial score (nSPS) is 20.5. The minimum absolute atomic E-state index is 0.106. The quantitative estimate of drug-likeness (QED) is 0.413. The van der Waals surface area contributed by atoms with E-state index in [1.54, 1.807) is 25.4 Å². The minimum atomic E-state index is -0.827. The molecule has 3 N–H and O–H groups in total. The van der Waals surface area contributed by atoms with Gasteiger partial charge in [-0.3, -0.25) is 14.8 Å². The van der Waals surface area contributed by atoms with Crippen molar-refractivity contribution in [2.75, 3.05) is 38.9 Å². The van der Waals surface area contributed by atoms with Crippen molar-refractivity contribution in [3.63, 3.8) is 0 Å². The Balaban J connectivity index is 0.000000278. The molecule has 9 heteroatoms. The Morgan fingerprint density at radius 2 is 2.28 bits per heavy atom. The van der Waals surface area contributed by atoms with Crippen molar-refractivity contribution in [1.29, 1.82) is 0 Å². The zero-order valence-corrected chi connectivity index (χ0v) is 16.6. The number of rotatable bonds is 7. The second kappa shape index (κ2) is 10.7. The fourth-order valence-electron chi connectivity index (χ4n) is 3.04. The molecule has 1 fully saturated rings. The van der Waals surface area contributed by atoms with Crippen molar-refractivity contribution < 1.29 is 18.7 Å². The number of nitrogens with zero attached hydrogens (tertiary/aromatic N) is 3. The predicted octanol–water partition coefficient (Wildman–Crippen LogP) is 1.94. The Morgan fingerprint density at radius 3 is 2.86 bits per heavy atom. The molecular formula is C20H26FN5O3. The highest BCUT2D eigenvalue weighted by atomic mass is 19.1. The van der Waals surface area contributed by atoms with E-state index in [1.807, 2.05) is 6.92 Å². The number of halogens is 1. The smallest absolute Gasteiger partial charge is 0.170 e. The van der Waals surface area contributed by atoms with E-state index in [2.05, 4.69) is 27.0 Å². The third-order valence-corrected chi connectivity index (χ3v) is 4.68. The number of nitrogens with two attached hydrogens (primary N) is 1. The summed E-state index contributed by atoms with van der Waals surface area (Å²) in [4.78, 5) is 21.8. The highest BCUT2D eigenvalue weighted by Gasteiger charge is 2.46. The first-order chi connectivity index (χ1) is 14.0. The lowest BCUT2D eigenvalue weighted by Crippen LogP contribution is -2.36. The number of aliphatic imine (C=N–C) groups is 1. The Hall–Kier alpha value is -2.75. The molecule has 0 aliphatic carbocycles. The number of aryl methyl sites for hydroxylation is 1. The average Bonchev–Trinajstić information content (AvgIpc) is 3.17. The first-order valence-electron chi connectivity index (χ1n) is 9.05. The average molecular weight is 403 g/mol. The molecule has 156 valence electrons. The largest absolute Gasteiger partial charge is 0.388 e. The van der Waals surface area contributed by atoms with Crippen LogP contribution in [0.3, 0.4) is 0 Å². The van der Waals surface area contributed by atoms with Crippen LogP contribution in [0.5, 0.6) is 0 Å². The molecule has 1 aromatic heterocycles. The molecule has 2 unspecified atom stereocenters. The van der Waals surface area contributed by atoms with Gasteiger partial charge < -0.3 is 20.5 Å². The molecule has 0 radical (unpaired) electrons. The molecule has 1 aromatic carbocycles. The number of aromatic nitrogens is 2. The number of anilines is 1. The maximum absolute atomic E-state index is 14.2. The number of carbonyl (C=O) groups is 1. The summed E-state index contributed by atoms with van der Waals surface area (Å²) >= 11 is 0. The summed E-state index contributed by atoms with van der Waals surface area (Å²) in [7, 11) is 1.78. The number of aldehydes is 1. The van der Waals surface area contributed by atoms with Crippen molar-refractivity contribution in [3.05, 3.63) is 53.4 Å². The number of carbonyl (C=O) groups excluding carboxylic acids is 1. The van der Waals surface area contributed by atoms with Gasteiger partial charge in [-0.15, -0.1) is 0 Å². The number of ether oxygens (including phenoxy) is 2. The van der Waals surface area contributed by atoms with Gasteiger partial charge in [-0.1, -0.05) is 0 Å². The van der Waals surface area contributed by atoms with Crippen molar-refractivity contribution in [3.8, 4) is 0 Å². The number of hydrogen-bond donors (Lipinski definition) is 2. The topological polar surface area (TPSA) is 112 Å². The molecule has 1 saturated heterocycles. The summed E-state index contributed by atoms with van der Waals surface area (Å²) in [5.41, 5.74) is 7.01. The van der Waals surface area contributed by atoms with Crippen LogP contribution in [0.15, 0.2) is 35.6 Å². The SMILES string of the molecule is C=NC1(c2cc(NC)ccc2F)COCC1COCN.Cc1cnc(C=O)cn1. The number of hydrogen-bond acceptors (Lipinski definition) is 8. The molecule has 0 amide bonds. The van der Waals surface area contributed by atoms with E-state index in [4.69, 9.17) is 15.2 Å². The fraction of sp³-hybridized carbons (Fsp3) is 0.400. The van der Waals surface area contributed by atoms with Gasteiger partial charge in [0, 0.05) is 30.4 Å². The van der Waals surface area contributed by atoms with Crippen molar-refractivity contribution in [1.82, 2.24) is 9.97 Å². The van der Waals surface area contributed by atoms with Crippen LogP contribution >= 0.6 is 0 Å². The van der Waals surface area contributed by atoms with Gasteiger partial charge in [0.1, 0.15) is 17.1 Å². The molecule has 29 heavy (non-hydrogen) atoms. The van der Waals surface area contributed by atoms with Gasteiger partial charge in [0.2, 0.25) is 0 Å². The third-order valence-electron chi connectivity index (χ3n) is 4.68. The molecule has 2 heterocycles. The van der Waals surface area contributed by atoms with Crippen LogP contribution in [-0.4, -0.2) is 56.6 Å². The van der Waals surface area contributed by atoms with E-state index in [1.165, 1.54) is 12.3 Å². The second-order valence-corrected chi connectivity index (χ2v) is 6.48. The lowest BCUT2D eigenvalue weighted by molar-refractivity contribution is 0.0826. The molecule has 1 aliphatic heterocycles. The highest BCUT2D eigenvalue weighted by molar-refractivity contribution is 5.70. The van der Waals surface area contributed by atoms with Crippen LogP contribution < -0.4 is 11.1 Å². The summed E-state index contributed by atoms with van der Waals surface area (Å²) in [6.07, 6.45) is 3.68. The summed E-state index contributed by atoms with van der Waals surface area (Å²) < 4.78 is 25.0. The maximum Gasteiger partial charge on any atom is 0.170 e. The van der Waals surface area contributed by atoms with Gasteiger partial charge in [-0.2, -0.15) is 0 Å². The first kappa shape index (κ1) is 22.5. The summed E-state index contributed by atoms with van der Waals surface area (Å²) in [5.74, 6) is -0.426. The predicted molar refractivity (Wildman–Crippen MR) is 109 cm³/mol. The molecule has 8 nitrogen and oxygen atoms in total. The van der Waals surface area contributed by atoms with Gasteiger partial charge in [0.25, 0.3) is 0 Å². The molecule has 1 aliphatic rings. The Morgan fingerprint density at radius 1 is 1.48 bits per heavy atom. The summed E-state index contributed by atoms with van der Waals surface area (Å²) in [5, 5.41) is 3.00. The van der Waals surface area contributed by atoms with Crippen LogP contribution in [0.2, 0.25) is 0 Å². The van der Waals surface area contributed by atoms with E-state index >= 15 is 0 Å². The van der Waals surface area contributed by atoms with E-state index in [0.29, 0.717) is 37.4 Å². The number of benzene rings is 1. The van der Waals surface area contributed by atoms with E-state index < -0.39 is 5.54 Å². The van der Waals surface area contributed by atoms with Crippen LogP contribution in [0, 0.1) is 18.7 Å². The molecule has 0 spiro atoms. The Labute approximate surface area is 169 Å². The zero-order chi connectivity index (χ0) is 21.3. The molecule has 2 atom stereocenters. The molecule has 2 aromatic rings. The molecule has 3 rings (SSSR count). The van der Waals surface area contributed by atoms with Crippen LogP contribution in [-0.2, 0) is 15.0 Å². The summed E-state index contributed by atoms with van der Waals surface area (Å²) in [6, 6.07) is 4.85. The second-order valence-electron chi connectivity index (χ2n) is 6.48. The van der Waals surface area contributed by atoms with Gasteiger partial charge in [0.05, 0.1) is 38.4 Å². The van der Waals surface area contributed by atoms with E-state index in [9.17, 15) is 9.18 Å². The Kier molecular flexibility index (Phi) is 8.32. The van der Waals surface area contributed by atoms with Crippen LogP contribution in [0.1, 0.15) is 21.7 Å². The fourth-order valence-corrected chi connectivity index (χ4v) is 3.04. The van der Waals surface area contributed by atoms with Crippen molar-refractivity contribution >= 4 is 18.7 Å². The molecule has 0 bridgehead atoms. The Bertz CT molecular complexity index is 818. The zero-order valence-electron chi connectivity index (χ0n) is 16.6. The highest BCUT2D eigenvalue weighted by Crippen LogP contribution is 2.41. The van der Waals surface area contributed by atoms with Crippen molar-refractivity contribution in [2.45, 2.75) is 12.5 Å². The molecule has 0 saturated carbocycles. The van der Waals surface area contributed by atoms with E-state index in [0.717, 1.165) is 11.4 Å². The van der Waals surface area contributed by atoms with E-state index in [-0.39, 0.29) is 18.5 Å². The van der Waals surface area contributed by atoms with Gasteiger partial charge >= 0.3 is 0 Å². The van der Waals surface area contributed by atoms with Crippen molar-refractivity contribution in [2.24, 2.45) is 16.6 Å². The van der Waals surface area contributed by atoms with Gasteiger partial charge in [0.15, 0.2) is 6.29 Å². The lowest BCUT2D eigenvalue weighted by Gasteiger charge is -2.30. The summed E-state index contributed by atoms with van der Waals surface area (Å²) in [6.45, 7) is 6.67. The van der Waals surface area contributed by atoms with Gasteiger partial charge in [-0.25, -0.2) is 9.37 Å². The van der Waals surface area contributed by atoms with Crippen LogP contribution in [0.25, 0.3) is 0 Å². The molecular weight excluding hydrogens is 377 g/mol. The lowest BCUT2D eigenvalue weighted by atomic mass is 9.81.